The molecular weight excluding hydrogens is 190 g/mol. The van der Waals surface area contributed by atoms with Gasteiger partial charge in [0.2, 0.25) is 0 Å². The lowest BCUT2D eigenvalue weighted by atomic mass is 10.1. The Hall–Kier alpha value is -1.35. The summed E-state index contributed by atoms with van der Waals surface area (Å²) in [5, 5.41) is 8.37. The molecule has 0 heterocycles. The SMILES string of the molecule is CC.CN.O=C(O)CCc1ccccc1. The Morgan fingerprint density at radius 1 is 1.20 bits per heavy atom. The molecule has 0 amide bonds. The summed E-state index contributed by atoms with van der Waals surface area (Å²) in [6.45, 7) is 4.00. The van der Waals surface area contributed by atoms with Crippen molar-refractivity contribution in [2.45, 2.75) is 26.7 Å². The minimum atomic E-state index is -0.742. The average Bonchev–Trinajstić information content (AvgIpc) is 2.33. The van der Waals surface area contributed by atoms with E-state index in [1.54, 1.807) is 0 Å². The third-order valence-electron chi connectivity index (χ3n) is 1.47. The molecule has 1 rings (SSSR count). The fraction of sp³-hybridized carbons (Fsp3) is 0.417. The number of nitrogens with two attached hydrogens (primary N) is 1. The van der Waals surface area contributed by atoms with Crippen molar-refractivity contribution in [3.63, 3.8) is 0 Å². The van der Waals surface area contributed by atoms with Gasteiger partial charge in [-0.05, 0) is 19.0 Å². The van der Waals surface area contributed by atoms with Gasteiger partial charge in [-0.25, -0.2) is 0 Å². The van der Waals surface area contributed by atoms with Crippen LogP contribution in [0.15, 0.2) is 30.3 Å². The first kappa shape index (κ1) is 16.1. The highest BCUT2D eigenvalue weighted by Gasteiger charge is 1.96. The molecule has 0 unspecified atom stereocenters. The van der Waals surface area contributed by atoms with Crippen LogP contribution in [0, 0.1) is 0 Å². The Bertz CT molecular complexity index is 235. The van der Waals surface area contributed by atoms with E-state index in [0.717, 1.165) is 5.56 Å². The molecule has 0 bridgehead atoms. The molecule has 86 valence electrons. The van der Waals surface area contributed by atoms with Gasteiger partial charge in [0.05, 0.1) is 0 Å². The van der Waals surface area contributed by atoms with Gasteiger partial charge in [0, 0.05) is 6.42 Å². The van der Waals surface area contributed by atoms with E-state index in [0.29, 0.717) is 6.42 Å². The topological polar surface area (TPSA) is 63.3 Å². The van der Waals surface area contributed by atoms with Crippen LogP contribution in [0.3, 0.4) is 0 Å². The lowest BCUT2D eigenvalue weighted by Gasteiger charge is -1.95. The van der Waals surface area contributed by atoms with Crippen LogP contribution in [-0.4, -0.2) is 18.1 Å². The van der Waals surface area contributed by atoms with E-state index in [4.69, 9.17) is 5.11 Å². The highest BCUT2D eigenvalue weighted by molar-refractivity contribution is 5.67. The fourth-order valence-electron chi connectivity index (χ4n) is 0.896. The molecule has 1 aromatic carbocycles. The molecule has 0 spiro atoms. The molecule has 1 aromatic rings. The van der Waals surface area contributed by atoms with E-state index in [1.807, 2.05) is 44.2 Å². The second-order valence-corrected chi connectivity index (χ2v) is 2.38. The number of hydrogen-bond acceptors (Lipinski definition) is 2. The molecule has 0 saturated heterocycles. The molecule has 3 heteroatoms. The Balaban J connectivity index is 0. The van der Waals surface area contributed by atoms with E-state index >= 15 is 0 Å². The van der Waals surface area contributed by atoms with Crippen molar-refractivity contribution in [3.05, 3.63) is 35.9 Å². The van der Waals surface area contributed by atoms with Gasteiger partial charge in [0.15, 0.2) is 0 Å². The number of carbonyl (C=O) groups is 1. The van der Waals surface area contributed by atoms with Gasteiger partial charge >= 0.3 is 5.97 Å². The molecule has 0 aliphatic heterocycles. The number of aryl methyl sites for hydroxylation is 1. The molecule has 0 atom stereocenters. The predicted molar refractivity (Wildman–Crippen MR) is 63.9 cm³/mol. The summed E-state index contributed by atoms with van der Waals surface area (Å²) in [5.74, 6) is -0.742. The second kappa shape index (κ2) is 12.7. The van der Waals surface area contributed by atoms with Crippen LogP contribution in [0.4, 0.5) is 0 Å². The van der Waals surface area contributed by atoms with Crippen molar-refractivity contribution in [3.8, 4) is 0 Å². The smallest absolute Gasteiger partial charge is 0.303 e. The van der Waals surface area contributed by atoms with Gasteiger partial charge in [-0.2, -0.15) is 0 Å². The number of carboxylic acids is 1. The molecule has 0 fully saturated rings. The third kappa shape index (κ3) is 10.6. The summed E-state index contributed by atoms with van der Waals surface area (Å²) in [4.78, 5) is 10.2. The van der Waals surface area contributed by atoms with Crippen molar-refractivity contribution >= 4 is 5.97 Å². The Kier molecular flexibility index (Phi) is 13.6. The summed E-state index contributed by atoms with van der Waals surface area (Å²) in [5.41, 5.74) is 5.58. The summed E-state index contributed by atoms with van der Waals surface area (Å²) in [6, 6.07) is 9.62. The maximum Gasteiger partial charge on any atom is 0.303 e. The fourth-order valence-corrected chi connectivity index (χ4v) is 0.896. The first-order chi connectivity index (χ1) is 7.29. The first-order valence-corrected chi connectivity index (χ1v) is 5.12. The van der Waals surface area contributed by atoms with Crippen LogP contribution in [0.5, 0.6) is 0 Å². The van der Waals surface area contributed by atoms with Crippen molar-refractivity contribution in [1.82, 2.24) is 0 Å². The molecule has 3 nitrogen and oxygen atoms in total. The summed E-state index contributed by atoms with van der Waals surface area (Å²) in [6.07, 6.45) is 0.834. The van der Waals surface area contributed by atoms with E-state index in [2.05, 4.69) is 5.73 Å². The van der Waals surface area contributed by atoms with Gasteiger partial charge in [-0.15, -0.1) is 0 Å². The van der Waals surface area contributed by atoms with Crippen molar-refractivity contribution in [2.24, 2.45) is 5.73 Å². The zero-order valence-electron chi connectivity index (χ0n) is 9.73. The lowest BCUT2D eigenvalue weighted by Crippen LogP contribution is -1.96. The van der Waals surface area contributed by atoms with Crippen molar-refractivity contribution in [2.75, 3.05) is 7.05 Å². The number of carboxylic acid groups (broad SMARTS) is 1. The monoisotopic (exact) mass is 211 g/mol. The van der Waals surface area contributed by atoms with E-state index < -0.39 is 5.97 Å². The van der Waals surface area contributed by atoms with Gasteiger partial charge in [0.25, 0.3) is 0 Å². The predicted octanol–water partition coefficient (Wildman–Crippen LogP) is 2.30. The Labute approximate surface area is 91.9 Å². The molecule has 0 saturated carbocycles. The first-order valence-electron chi connectivity index (χ1n) is 5.12. The van der Waals surface area contributed by atoms with Gasteiger partial charge in [0.1, 0.15) is 0 Å². The second-order valence-electron chi connectivity index (χ2n) is 2.38. The standard InChI is InChI=1S/C9H10O2.C2H6.CH5N/c10-9(11)7-6-8-4-2-1-3-5-8;2*1-2/h1-5H,6-7H2,(H,10,11);1-2H3;2H2,1H3. The normalized spacial score (nSPS) is 7.73. The van der Waals surface area contributed by atoms with Crippen LogP contribution in [0.25, 0.3) is 0 Å². The minimum absolute atomic E-state index is 0.212. The van der Waals surface area contributed by atoms with Crippen LogP contribution in [0.1, 0.15) is 25.8 Å². The molecule has 3 N–H and O–H groups in total. The molecular formula is C12H21NO2. The minimum Gasteiger partial charge on any atom is -0.481 e. The third-order valence-corrected chi connectivity index (χ3v) is 1.47. The molecule has 0 aliphatic carbocycles. The van der Waals surface area contributed by atoms with Gasteiger partial charge in [-0.1, -0.05) is 44.2 Å². The number of hydrogen-bond donors (Lipinski definition) is 2. The number of benzene rings is 1. The Morgan fingerprint density at radius 2 is 1.67 bits per heavy atom. The van der Waals surface area contributed by atoms with Crippen LogP contribution < -0.4 is 5.73 Å². The van der Waals surface area contributed by atoms with Crippen LogP contribution in [-0.2, 0) is 11.2 Å². The van der Waals surface area contributed by atoms with Crippen LogP contribution >= 0.6 is 0 Å². The van der Waals surface area contributed by atoms with Gasteiger partial charge in [-0.3, -0.25) is 4.79 Å². The van der Waals surface area contributed by atoms with E-state index in [-0.39, 0.29) is 6.42 Å². The summed E-state index contributed by atoms with van der Waals surface area (Å²) < 4.78 is 0. The molecule has 15 heavy (non-hydrogen) atoms. The van der Waals surface area contributed by atoms with E-state index in [1.165, 1.54) is 7.05 Å². The highest BCUT2D eigenvalue weighted by atomic mass is 16.4. The maximum atomic E-state index is 10.2. The van der Waals surface area contributed by atoms with Crippen molar-refractivity contribution in [1.29, 1.82) is 0 Å². The average molecular weight is 211 g/mol. The zero-order chi connectivity index (χ0) is 12.1. The van der Waals surface area contributed by atoms with E-state index in [9.17, 15) is 4.79 Å². The zero-order valence-corrected chi connectivity index (χ0v) is 9.73. The largest absolute Gasteiger partial charge is 0.481 e. The van der Waals surface area contributed by atoms with Crippen molar-refractivity contribution < 1.29 is 9.90 Å². The number of aliphatic carboxylic acids is 1. The van der Waals surface area contributed by atoms with Gasteiger partial charge < -0.3 is 10.8 Å². The van der Waals surface area contributed by atoms with Crippen LogP contribution in [0.2, 0.25) is 0 Å². The summed E-state index contributed by atoms with van der Waals surface area (Å²) in [7, 11) is 1.50. The molecule has 0 aromatic heterocycles. The number of rotatable bonds is 3. The quantitative estimate of drug-likeness (QED) is 0.806. The lowest BCUT2D eigenvalue weighted by molar-refractivity contribution is -0.136. The highest BCUT2D eigenvalue weighted by Crippen LogP contribution is 2.01. The molecule has 0 radical (unpaired) electrons. The summed E-state index contributed by atoms with van der Waals surface area (Å²) >= 11 is 0. The maximum absolute atomic E-state index is 10.2. The Morgan fingerprint density at radius 3 is 2.07 bits per heavy atom. The molecule has 0 aliphatic rings.